The van der Waals surface area contributed by atoms with Crippen molar-refractivity contribution in [3.63, 3.8) is 0 Å². The molecule has 1 amide bonds. The highest BCUT2D eigenvalue weighted by Crippen LogP contribution is 2.39. The minimum atomic E-state index is -0.404. The van der Waals surface area contributed by atoms with E-state index in [1.165, 1.54) is 30.2 Å². The van der Waals surface area contributed by atoms with Crippen molar-refractivity contribution in [1.29, 1.82) is 0 Å². The van der Waals surface area contributed by atoms with Gasteiger partial charge in [-0.25, -0.2) is 4.79 Å². The van der Waals surface area contributed by atoms with Crippen LogP contribution in [0.4, 0.5) is 5.00 Å². The van der Waals surface area contributed by atoms with E-state index in [1.807, 2.05) is 42.8 Å². The number of carbonyl (C=O) groups excluding carboxylic acids is 2. The zero-order chi connectivity index (χ0) is 22.7. The van der Waals surface area contributed by atoms with Gasteiger partial charge in [-0.2, -0.15) is 0 Å². The number of amides is 1. The van der Waals surface area contributed by atoms with Gasteiger partial charge in [0.2, 0.25) is 5.91 Å². The van der Waals surface area contributed by atoms with Crippen LogP contribution in [-0.4, -0.2) is 39.5 Å². The maximum atomic E-state index is 12.6. The summed E-state index contributed by atoms with van der Waals surface area (Å²) < 4.78 is 12.6. The van der Waals surface area contributed by atoms with E-state index >= 15 is 0 Å². The number of para-hydroxylation sites is 1. The Balaban J connectivity index is 1.36. The van der Waals surface area contributed by atoms with Gasteiger partial charge in [0.25, 0.3) is 0 Å². The number of nitrogens with zero attached hydrogens (tertiary/aromatic N) is 3. The number of carbonyl (C=O) groups is 2. The molecule has 4 rings (SSSR count). The molecule has 1 aromatic carbocycles. The van der Waals surface area contributed by atoms with E-state index in [9.17, 15) is 9.59 Å². The number of ether oxygens (including phenoxy) is 2. The lowest BCUT2D eigenvalue weighted by Gasteiger charge is -2.09. The molecule has 1 N–H and O–H groups in total. The lowest BCUT2D eigenvalue weighted by molar-refractivity contribution is -0.113. The van der Waals surface area contributed by atoms with E-state index in [0.717, 1.165) is 41.0 Å². The number of nitrogens with one attached hydrogen (secondary N) is 1. The molecule has 0 atom stereocenters. The fourth-order valence-corrected chi connectivity index (χ4v) is 5.58. The van der Waals surface area contributed by atoms with Gasteiger partial charge in [0.15, 0.2) is 11.0 Å². The summed E-state index contributed by atoms with van der Waals surface area (Å²) in [5.74, 6) is 1.00. The standard InChI is InChI=1S/C22H24N4O4S2/c1-13-7-4-5-9-15(13)30-11-17-24-25-22(26(17)2)31-12-18(27)23-20-19(21(28)29-3)14-8-6-10-16(14)32-20/h4-5,7,9H,6,8,10-12H2,1-3H3,(H,23,27). The Kier molecular flexibility index (Phi) is 6.80. The van der Waals surface area contributed by atoms with Crippen molar-refractivity contribution in [3.05, 3.63) is 51.7 Å². The third kappa shape index (κ3) is 4.66. The molecule has 168 valence electrons. The van der Waals surface area contributed by atoms with Crippen LogP contribution in [0.1, 0.15) is 38.6 Å². The number of thiophene rings is 1. The number of benzene rings is 1. The van der Waals surface area contributed by atoms with Crippen molar-refractivity contribution >= 4 is 40.0 Å². The first-order valence-electron chi connectivity index (χ1n) is 10.2. The van der Waals surface area contributed by atoms with Crippen LogP contribution in [0.25, 0.3) is 0 Å². The lowest BCUT2D eigenvalue weighted by Crippen LogP contribution is -2.16. The summed E-state index contributed by atoms with van der Waals surface area (Å²) >= 11 is 2.74. The number of hydrogen-bond acceptors (Lipinski definition) is 8. The van der Waals surface area contributed by atoms with Gasteiger partial charge in [-0.15, -0.1) is 21.5 Å². The van der Waals surface area contributed by atoms with Crippen molar-refractivity contribution in [2.45, 2.75) is 37.9 Å². The number of esters is 1. The number of aryl methyl sites for hydroxylation is 2. The van der Waals surface area contributed by atoms with E-state index in [0.29, 0.717) is 21.5 Å². The predicted octanol–water partition coefficient (Wildman–Crippen LogP) is 3.77. The highest BCUT2D eigenvalue weighted by molar-refractivity contribution is 7.99. The number of aromatic nitrogens is 3. The van der Waals surface area contributed by atoms with Crippen LogP contribution < -0.4 is 10.1 Å². The summed E-state index contributed by atoms with van der Waals surface area (Å²) in [4.78, 5) is 26.0. The maximum Gasteiger partial charge on any atom is 0.341 e. The summed E-state index contributed by atoms with van der Waals surface area (Å²) in [6, 6.07) is 7.78. The van der Waals surface area contributed by atoms with Crippen molar-refractivity contribution in [3.8, 4) is 5.75 Å². The average molecular weight is 473 g/mol. The van der Waals surface area contributed by atoms with Crippen LogP contribution in [0.5, 0.6) is 5.75 Å². The summed E-state index contributed by atoms with van der Waals surface area (Å²) in [5.41, 5.74) is 2.56. The second kappa shape index (κ2) is 9.74. The van der Waals surface area contributed by atoms with Gasteiger partial charge >= 0.3 is 5.97 Å². The molecule has 0 spiro atoms. The van der Waals surface area contributed by atoms with Crippen LogP contribution in [-0.2, 0) is 36.0 Å². The monoisotopic (exact) mass is 472 g/mol. The largest absolute Gasteiger partial charge is 0.485 e. The zero-order valence-electron chi connectivity index (χ0n) is 18.1. The molecule has 8 nitrogen and oxygen atoms in total. The van der Waals surface area contributed by atoms with Gasteiger partial charge in [0.05, 0.1) is 18.4 Å². The van der Waals surface area contributed by atoms with Gasteiger partial charge < -0.3 is 19.4 Å². The molecule has 0 bridgehead atoms. The zero-order valence-corrected chi connectivity index (χ0v) is 19.8. The van der Waals surface area contributed by atoms with Crippen molar-refractivity contribution in [2.24, 2.45) is 7.05 Å². The van der Waals surface area contributed by atoms with Gasteiger partial charge in [0.1, 0.15) is 17.4 Å². The summed E-state index contributed by atoms with van der Waals surface area (Å²) in [6.45, 7) is 2.27. The van der Waals surface area contributed by atoms with Gasteiger partial charge in [-0.05, 0) is 43.4 Å². The molecule has 0 fully saturated rings. The van der Waals surface area contributed by atoms with Crippen molar-refractivity contribution in [2.75, 3.05) is 18.2 Å². The quantitative estimate of drug-likeness (QED) is 0.394. The van der Waals surface area contributed by atoms with E-state index in [2.05, 4.69) is 15.5 Å². The Bertz CT molecular complexity index is 1160. The second-order valence-corrected chi connectivity index (χ2v) is 9.45. The molecule has 10 heteroatoms. The normalized spacial score (nSPS) is 12.5. The van der Waals surface area contributed by atoms with E-state index in [1.54, 1.807) is 0 Å². The molecule has 0 saturated carbocycles. The highest BCUT2D eigenvalue weighted by Gasteiger charge is 2.28. The number of methoxy groups -OCH3 is 1. The lowest BCUT2D eigenvalue weighted by atomic mass is 10.1. The van der Waals surface area contributed by atoms with Gasteiger partial charge in [-0.1, -0.05) is 30.0 Å². The van der Waals surface area contributed by atoms with E-state index < -0.39 is 5.97 Å². The highest BCUT2D eigenvalue weighted by atomic mass is 32.2. The van der Waals surface area contributed by atoms with E-state index in [4.69, 9.17) is 9.47 Å². The molecule has 3 aromatic rings. The minimum Gasteiger partial charge on any atom is -0.485 e. The number of thioether (sulfide) groups is 1. The topological polar surface area (TPSA) is 95.3 Å². The minimum absolute atomic E-state index is 0.147. The first-order valence-corrected chi connectivity index (χ1v) is 12.0. The molecular formula is C22H24N4O4S2. The maximum absolute atomic E-state index is 12.6. The molecule has 1 aliphatic rings. The third-order valence-corrected chi connectivity index (χ3v) is 7.50. The second-order valence-electron chi connectivity index (χ2n) is 7.40. The predicted molar refractivity (Wildman–Crippen MR) is 124 cm³/mol. The van der Waals surface area contributed by atoms with Crippen LogP contribution >= 0.6 is 23.1 Å². The fourth-order valence-electron chi connectivity index (χ4n) is 3.56. The Morgan fingerprint density at radius 3 is 2.84 bits per heavy atom. The SMILES string of the molecule is COC(=O)c1c(NC(=O)CSc2nnc(COc3ccccc3C)n2C)sc2c1CCC2. The molecule has 2 heterocycles. The molecular weight excluding hydrogens is 448 g/mol. The molecule has 0 unspecified atom stereocenters. The Labute approximate surface area is 194 Å². The molecule has 2 aromatic heterocycles. The van der Waals surface area contributed by atoms with Gasteiger partial charge in [-0.3, -0.25) is 4.79 Å². The third-order valence-electron chi connectivity index (χ3n) is 5.27. The number of hydrogen-bond donors (Lipinski definition) is 1. The Hall–Kier alpha value is -2.85. The number of fused-ring (bicyclic) bond motifs is 1. The average Bonchev–Trinajstić information content (AvgIpc) is 3.46. The van der Waals surface area contributed by atoms with Crippen molar-refractivity contribution in [1.82, 2.24) is 14.8 Å². The Morgan fingerprint density at radius 2 is 2.06 bits per heavy atom. The number of anilines is 1. The first-order chi connectivity index (χ1) is 15.5. The smallest absolute Gasteiger partial charge is 0.341 e. The molecule has 32 heavy (non-hydrogen) atoms. The van der Waals surface area contributed by atoms with Gasteiger partial charge in [0, 0.05) is 11.9 Å². The summed E-state index contributed by atoms with van der Waals surface area (Å²) in [5, 5.41) is 12.4. The fraction of sp³-hybridized carbons (Fsp3) is 0.364. The molecule has 0 aliphatic heterocycles. The molecule has 0 saturated heterocycles. The van der Waals surface area contributed by atoms with Crippen molar-refractivity contribution < 1.29 is 19.1 Å². The van der Waals surface area contributed by atoms with Crippen LogP contribution in [0, 0.1) is 6.92 Å². The Morgan fingerprint density at radius 1 is 1.25 bits per heavy atom. The van der Waals surface area contributed by atoms with E-state index in [-0.39, 0.29) is 18.3 Å². The first kappa shape index (κ1) is 22.3. The van der Waals surface area contributed by atoms with Crippen LogP contribution in [0.3, 0.4) is 0 Å². The van der Waals surface area contributed by atoms with Crippen LogP contribution in [0.15, 0.2) is 29.4 Å². The number of rotatable bonds is 8. The molecule has 0 radical (unpaired) electrons. The summed E-state index contributed by atoms with van der Waals surface area (Å²) in [6.07, 6.45) is 2.80. The summed E-state index contributed by atoms with van der Waals surface area (Å²) in [7, 11) is 3.20. The molecule has 1 aliphatic carbocycles. The van der Waals surface area contributed by atoms with Crippen LogP contribution in [0.2, 0.25) is 0 Å².